The summed E-state index contributed by atoms with van der Waals surface area (Å²) in [5.74, 6) is 2.00. The van der Waals surface area contributed by atoms with Crippen molar-refractivity contribution >= 4 is 33.5 Å². The summed E-state index contributed by atoms with van der Waals surface area (Å²) in [5.41, 5.74) is 1.87. The van der Waals surface area contributed by atoms with Crippen LogP contribution in [0.5, 0.6) is 5.75 Å². The first-order chi connectivity index (χ1) is 12.6. The highest BCUT2D eigenvalue weighted by Gasteiger charge is 2.16. The van der Waals surface area contributed by atoms with Gasteiger partial charge in [-0.15, -0.1) is 10.2 Å². The van der Waals surface area contributed by atoms with Crippen molar-refractivity contribution in [2.24, 2.45) is 0 Å². The number of aromatic nitrogens is 3. The predicted molar refractivity (Wildman–Crippen MR) is 107 cm³/mol. The van der Waals surface area contributed by atoms with Gasteiger partial charge in [-0.3, -0.25) is 9.36 Å². The van der Waals surface area contributed by atoms with Gasteiger partial charge in [0, 0.05) is 15.7 Å². The van der Waals surface area contributed by atoms with E-state index in [0.29, 0.717) is 17.5 Å². The van der Waals surface area contributed by atoms with Crippen molar-refractivity contribution in [1.82, 2.24) is 14.8 Å². The molecule has 26 heavy (non-hydrogen) atoms. The van der Waals surface area contributed by atoms with Gasteiger partial charge >= 0.3 is 0 Å². The van der Waals surface area contributed by atoms with Crippen LogP contribution in [0.4, 0.5) is 0 Å². The SMILES string of the molecule is CCOc1ccc(-n2c(SCC(C)=O)nnc2-c2ccc(Br)cc2)cc1. The normalized spacial score (nSPS) is 10.7. The first-order valence-corrected chi connectivity index (χ1v) is 9.93. The van der Waals surface area contributed by atoms with Gasteiger partial charge in [-0.2, -0.15) is 0 Å². The molecule has 0 saturated heterocycles. The lowest BCUT2D eigenvalue weighted by Crippen LogP contribution is -2.02. The summed E-state index contributed by atoms with van der Waals surface area (Å²) in [4.78, 5) is 11.4. The zero-order chi connectivity index (χ0) is 18.5. The fourth-order valence-corrected chi connectivity index (χ4v) is 3.42. The van der Waals surface area contributed by atoms with Crippen LogP contribution in [0.3, 0.4) is 0 Å². The van der Waals surface area contributed by atoms with Crippen molar-refractivity contribution in [3.05, 3.63) is 53.0 Å². The Hall–Kier alpha value is -2.12. The second-order valence-corrected chi connectivity index (χ2v) is 7.42. The van der Waals surface area contributed by atoms with Crippen LogP contribution in [0.25, 0.3) is 17.1 Å². The Balaban J connectivity index is 2.04. The minimum atomic E-state index is 0.0986. The Kier molecular flexibility index (Phi) is 6.11. The van der Waals surface area contributed by atoms with E-state index in [1.165, 1.54) is 11.8 Å². The largest absolute Gasteiger partial charge is 0.494 e. The number of ether oxygens (including phenoxy) is 1. The third-order valence-electron chi connectivity index (χ3n) is 3.55. The Morgan fingerprint density at radius 3 is 2.42 bits per heavy atom. The van der Waals surface area contributed by atoms with Gasteiger partial charge in [-0.1, -0.05) is 39.8 Å². The molecule has 0 unspecified atom stereocenters. The van der Waals surface area contributed by atoms with Gasteiger partial charge in [-0.25, -0.2) is 0 Å². The summed E-state index contributed by atoms with van der Waals surface area (Å²) in [5, 5.41) is 9.35. The number of halogens is 1. The minimum Gasteiger partial charge on any atom is -0.494 e. The summed E-state index contributed by atoms with van der Waals surface area (Å²) in [6.45, 7) is 4.14. The number of hydrogen-bond donors (Lipinski definition) is 0. The summed E-state index contributed by atoms with van der Waals surface area (Å²) in [6.07, 6.45) is 0. The molecular formula is C19H18BrN3O2S. The van der Waals surface area contributed by atoms with Gasteiger partial charge in [-0.05, 0) is 50.2 Å². The maximum Gasteiger partial charge on any atom is 0.196 e. The number of carbonyl (C=O) groups excluding carboxylic acids is 1. The molecule has 1 aromatic heterocycles. The van der Waals surface area contributed by atoms with E-state index in [1.54, 1.807) is 6.92 Å². The van der Waals surface area contributed by atoms with Crippen LogP contribution < -0.4 is 4.74 Å². The number of benzene rings is 2. The van der Waals surface area contributed by atoms with Crippen LogP contribution in [0, 0.1) is 0 Å². The van der Waals surface area contributed by atoms with Gasteiger partial charge in [0.05, 0.1) is 12.4 Å². The second-order valence-electron chi connectivity index (χ2n) is 5.57. The molecule has 0 spiro atoms. The van der Waals surface area contributed by atoms with Crippen molar-refractivity contribution in [3.8, 4) is 22.8 Å². The van der Waals surface area contributed by atoms with Gasteiger partial charge in [0.2, 0.25) is 0 Å². The molecular weight excluding hydrogens is 414 g/mol. The molecule has 0 bridgehead atoms. The Morgan fingerprint density at radius 2 is 1.81 bits per heavy atom. The van der Waals surface area contributed by atoms with Crippen LogP contribution in [-0.2, 0) is 4.79 Å². The molecule has 7 heteroatoms. The molecule has 3 aromatic rings. The first kappa shape index (κ1) is 18.7. The Morgan fingerprint density at radius 1 is 1.12 bits per heavy atom. The average molecular weight is 432 g/mol. The molecule has 0 aliphatic heterocycles. The van der Waals surface area contributed by atoms with Crippen molar-refractivity contribution < 1.29 is 9.53 Å². The molecule has 0 N–H and O–H groups in total. The van der Waals surface area contributed by atoms with Gasteiger partial charge in [0.1, 0.15) is 11.5 Å². The number of carbonyl (C=O) groups is 1. The molecule has 0 atom stereocenters. The van der Waals surface area contributed by atoms with Crippen LogP contribution in [0.2, 0.25) is 0 Å². The van der Waals surface area contributed by atoms with E-state index in [-0.39, 0.29) is 5.78 Å². The molecule has 0 amide bonds. The zero-order valence-corrected chi connectivity index (χ0v) is 16.9. The second kappa shape index (κ2) is 8.51. The molecule has 0 radical (unpaired) electrons. The summed E-state index contributed by atoms with van der Waals surface area (Å²) < 4.78 is 8.48. The van der Waals surface area contributed by atoms with Crippen molar-refractivity contribution in [2.75, 3.05) is 12.4 Å². The Bertz CT molecular complexity index is 892. The van der Waals surface area contributed by atoms with E-state index in [4.69, 9.17) is 4.74 Å². The molecule has 0 saturated carbocycles. The Labute approximate surface area is 164 Å². The number of rotatable bonds is 7. The van der Waals surface area contributed by atoms with Crippen LogP contribution in [-0.4, -0.2) is 32.9 Å². The van der Waals surface area contributed by atoms with E-state index in [0.717, 1.165) is 27.3 Å². The predicted octanol–water partition coefficient (Wildman–Crippen LogP) is 4.78. The topological polar surface area (TPSA) is 57.0 Å². The van der Waals surface area contributed by atoms with E-state index in [1.807, 2.05) is 60.0 Å². The van der Waals surface area contributed by atoms with Crippen molar-refractivity contribution in [1.29, 1.82) is 0 Å². The highest BCUT2D eigenvalue weighted by Crippen LogP contribution is 2.29. The van der Waals surface area contributed by atoms with Crippen molar-refractivity contribution in [3.63, 3.8) is 0 Å². The molecule has 0 aliphatic carbocycles. The standard InChI is InChI=1S/C19H18BrN3O2S/c1-3-25-17-10-8-16(9-11-17)23-18(14-4-6-15(20)7-5-14)21-22-19(23)26-12-13(2)24/h4-11H,3,12H2,1-2H3. The van der Waals surface area contributed by atoms with E-state index in [9.17, 15) is 4.79 Å². The summed E-state index contributed by atoms with van der Waals surface area (Å²) >= 11 is 4.83. The smallest absolute Gasteiger partial charge is 0.196 e. The molecule has 134 valence electrons. The molecule has 5 nitrogen and oxygen atoms in total. The lowest BCUT2D eigenvalue weighted by Gasteiger charge is -2.11. The van der Waals surface area contributed by atoms with Gasteiger partial charge in [0.25, 0.3) is 0 Å². The van der Waals surface area contributed by atoms with Gasteiger partial charge in [0.15, 0.2) is 11.0 Å². The lowest BCUT2D eigenvalue weighted by atomic mass is 10.2. The zero-order valence-electron chi connectivity index (χ0n) is 14.5. The van der Waals surface area contributed by atoms with Crippen LogP contribution in [0.1, 0.15) is 13.8 Å². The lowest BCUT2D eigenvalue weighted by molar-refractivity contribution is -0.114. The summed E-state index contributed by atoms with van der Waals surface area (Å²) in [7, 11) is 0. The number of hydrogen-bond acceptors (Lipinski definition) is 5. The number of Topliss-reactive ketones (excluding diaryl/α,β-unsaturated/α-hetero) is 1. The highest BCUT2D eigenvalue weighted by atomic mass is 79.9. The van der Waals surface area contributed by atoms with E-state index < -0.39 is 0 Å². The maximum absolute atomic E-state index is 11.4. The molecule has 3 rings (SSSR count). The van der Waals surface area contributed by atoms with E-state index in [2.05, 4.69) is 26.1 Å². The third kappa shape index (κ3) is 4.34. The van der Waals surface area contributed by atoms with Crippen LogP contribution >= 0.6 is 27.7 Å². The fraction of sp³-hybridized carbons (Fsp3) is 0.211. The van der Waals surface area contributed by atoms with Crippen LogP contribution in [0.15, 0.2) is 58.2 Å². The monoisotopic (exact) mass is 431 g/mol. The third-order valence-corrected chi connectivity index (χ3v) is 5.15. The molecule has 2 aromatic carbocycles. The quantitative estimate of drug-likeness (QED) is 0.503. The number of nitrogens with zero attached hydrogens (tertiary/aromatic N) is 3. The minimum absolute atomic E-state index is 0.0986. The molecule has 0 aliphatic rings. The van der Waals surface area contributed by atoms with Crippen molar-refractivity contribution in [2.45, 2.75) is 19.0 Å². The average Bonchev–Trinajstić information content (AvgIpc) is 3.05. The van der Waals surface area contributed by atoms with E-state index >= 15 is 0 Å². The fourth-order valence-electron chi connectivity index (χ4n) is 2.41. The number of ketones is 1. The highest BCUT2D eigenvalue weighted by molar-refractivity contribution is 9.10. The summed E-state index contributed by atoms with van der Waals surface area (Å²) in [6, 6.07) is 15.7. The van der Waals surface area contributed by atoms with Gasteiger partial charge < -0.3 is 4.74 Å². The number of thioether (sulfide) groups is 1. The molecule has 0 fully saturated rings. The molecule has 1 heterocycles. The maximum atomic E-state index is 11.4. The first-order valence-electron chi connectivity index (χ1n) is 8.15.